The lowest BCUT2D eigenvalue weighted by molar-refractivity contribution is -0.274. The van der Waals surface area contributed by atoms with Gasteiger partial charge in [-0.25, -0.2) is 19.5 Å². The van der Waals surface area contributed by atoms with Gasteiger partial charge in [0, 0.05) is 12.6 Å². The lowest BCUT2D eigenvalue weighted by atomic mass is 10.1. The van der Waals surface area contributed by atoms with Crippen molar-refractivity contribution < 1.29 is 40.7 Å². The Morgan fingerprint density at radius 3 is 2.36 bits per heavy atom. The molecule has 10 nitrogen and oxygen atoms in total. The molecule has 0 saturated carbocycles. The van der Waals surface area contributed by atoms with Crippen molar-refractivity contribution in [2.24, 2.45) is 4.99 Å². The van der Waals surface area contributed by atoms with Gasteiger partial charge in [-0.2, -0.15) is 18.2 Å². The first-order chi connectivity index (χ1) is 22.1. The molecule has 1 atom stereocenters. The fraction of sp³-hybridized carbons (Fsp3) is 0.233. The summed E-state index contributed by atoms with van der Waals surface area (Å²) in [5.74, 6) is -0.817. The van der Waals surface area contributed by atoms with Crippen molar-refractivity contribution in [3.63, 3.8) is 0 Å². The van der Waals surface area contributed by atoms with Crippen molar-refractivity contribution in [2.45, 2.75) is 32.4 Å². The van der Waals surface area contributed by atoms with Crippen molar-refractivity contribution in [3.8, 4) is 22.8 Å². The monoisotopic (exact) mass is 677 g/mol. The van der Waals surface area contributed by atoms with E-state index >= 15 is 0 Å². The van der Waals surface area contributed by atoms with E-state index in [1.807, 2.05) is 0 Å². The number of halogens is 6. The normalized spacial score (nSPS) is 15.4. The van der Waals surface area contributed by atoms with Crippen molar-refractivity contribution >= 4 is 34.6 Å². The number of carbonyl (C=O) groups is 2. The van der Waals surface area contributed by atoms with Crippen molar-refractivity contribution in [1.29, 1.82) is 0 Å². The molecule has 3 aromatic carbocycles. The number of amidine groups is 1. The fourth-order valence-corrected chi connectivity index (χ4v) is 5.42. The van der Waals surface area contributed by atoms with E-state index in [4.69, 9.17) is 0 Å². The predicted octanol–water partition coefficient (Wildman–Crippen LogP) is 6.91. The summed E-state index contributed by atoms with van der Waals surface area (Å²) in [6.45, 7) is 3.39. The number of hydrogen-bond donors (Lipinski definition) is 1. The summed E-state index contributed by atoms with van der Waals surface area (Å²) in [7, 11) is 1.58. The molecule has 3 amide bonds. The number of urea groups is 1. The third-order valence-electron chi connectivity index (χ3n) is 6.99. The van der Waals surface area contributed by atoms with Crippen LogP contribution in [0.2, 0.25) is 0 Å². The number of anilines is 1. The highest BCUT2D eigenvalue weighted by Gasteiger charge is 2.40. The zero-order chi connectivity index (χ0) is 34.1. The number of hydrazine groups is 1. The lowest BCUT2D eigenvalue weighted by Gasteiger charge is -2.25. The number of nitrogens with one attached hydrogen (secondary N) is 1. The zero-order valence-corrected chi connectivity index (χ0v) is 25.6. The number of aromatic nitrogens is 3. The Kier molecular flexibility index (Phi) is 9.31. The number of hydrogen-bond acceptors (Lipinski definition) is 7. The molecule has 1 unspecified atom stereocenters. The van der Waals surface area contributed by atoms with Gasteiger partial charge >= 0.3 is 18.6 Å². The number of thioether (sulfide) groups is 1. The average Bonchev–Trinajstić information content (AvgIpc) is 3.62. The van der Waals surface area contributed by atoms with Crippen LogP contribution in [-0.2, 0) is 11.0 Å². The first-order valence-corrected chi connectivity index (χ1v) is 14.7. The molecule has 17 heteroatoms. The summed E-state index contributed by atoms with van der Waals surface area (Å²) in [5.41, 5.74) is 3.53. The van der Waals surface area contributed by atoms with Gasteiger partial charge in [0.1, 0.15) is 12.1 Å². The maximum atomic E-state index is 13.7. The first kappa shape index (κ1) is 33.5. The zero-order valence-electron chi connectivity index (χ0n) is 24.8. The highest BCUT2D eigenvalue weighted by molar-refractivity contribution is 8.15. The molecule has 246 valence electrons. The Hall–Kier alpha value is -4.90. The maximum Gasteiger partial charge on any atom is 0.573 e. The minimum absolute atomic E-state index is 0.174. The second-order valence-electron chi connectivity index (χ2n) is 10.3. The molecule has 0 bridgehead atoms. The predicted molar refractivity (Wildman–Crippen MR) is 162 cm³/mol. The molecular weight excluding hydrogens is 652 g/mol. The largest absolute Gasteiger partial charge is 0.573 e. The van der Waals surface area contributed by atoms with Crippen LogP contribution in [0.5, 0.6) is 5.75 Å². The van der Waals surface area contributed by atoms with Gasteiger partial charge in [-0.05, 0) is 61.4 Å². The number of nitrogens with zero attached hydrogens (tertiary/aromatic N) is 6. The summed E-state index contributed by atoms with van der Waals surface area (Å²) >= 11 is 0.861. The maximum absolute atomic E-state index is 13.7. The molecule has 47 heavy (non-hydrogen) atoms. The third kappa shape index (κ3) is 7.91. The number of benzene rings is 3. The smallest absolute Gasteiger partial charge is 0.406 e. The van der Waals surface area contributed by atoms with Crippen LogP contribution in [0.4, 0.5) is 36.8 Å². The van der Waals surface area contributed by atoms with E-state index < -0.39 is 41.8 Å². The van der Waals surface area contributed by atoms with Gasteiger partial charge in [0.05, 0.1) is 28.7 Å². The fourth-order valence-electron chi connectivity index (χ4n) is 4.56. The molecular formula is C30H25F6N7O3S. The average molecular weight is 678 g/mol. The summed E-state index contributed by atoms with van der Waals surface area (Å²) in [6, 6.07) is 14.3. The van der Waals surface area contributed by atoms with E-state index in [0.717, 1.165) is 40.4 Å². The number of aryl methyl sites for hydroxylation is 1. The highest BCUT2D eigenvalue weighted by Crippen LogP contribution is 2.40. The molecule has 2 heterocycles. The number of aliphatic imine (C=N–C) groups is 1. The van der Waals surface area contributed by atoms with Crippen molar-refractivity contribution in [2.75, 3.05) is 17.7 Å². The second-order valence-corrected chi connectivity index (χ2v) is 11.3. The summed E-state index contributed by atoms with van der Waals surface area (Å²) in [4.78, 5) is 34.4. The third-order valence-corrected chi connectivity index (χ3v) is 7.92. The van der Waals surface area contributed by atoms with Crippen LogP contribution in [0.25, 0.3) is 17.1 Å². The minimum Gasteiger partial charge on any atom is -0.406 e. The van der Waals surface area contributed by atoms with E-state index in [2.05, 4.69) is 25.2 Å². The number of ether oxygens (including phenoxy) is 1. The lowest BCUT2D eigenvalue weighted by Crippen LogP contribution is -2.40. The van der Waals surface area contributed by atoms with E-state index in [0.29, 0.717) is 22.6 Å². The van der Waals surface area contributed by atoms with Crippen LogP contribution in [0.1, 0.15) is 29.7 Å². The Balaban J connectivity index is 1.24. The van der Waals surface area contributed by atoms with Crippen LogP contribution in [0.3, 0.4) is 0 Å². The molecule has 1 N–H and O–H groups in total. The molecule has 5 rings (SSSR count). The minimum atomic E-state index is -4.80. The van der Waals surface area contributed by atoms with Crippen LogP contribution in [-0.4, -0.2) is 56.0 Å². The van der Waals surface area contributed by atoms with Crippen LogP contribution < -0.4 is 15.1 Å². The quantitative estimate of drug-likeness (QED) is 0.167. The summed E-state index contributed by atoms with van der Waals surface area (Å²) < 4.78 is 83.7. The van der Waals surface area contributed by atoms with E-state index in [-0.39, 0.29) is 16.7 Å². The number of carbonyl (C=O) groups excluding carboxylic acids is 2. The van der Waals surface area contributed by atoms with Crippen molar-refractivity contribution in [1.82, 2.24) is 25.2 Å². The molecule has 1 aliphatic heterocycles. The highest BCUT2D eigenvalue weighted by atomic mass is 32.2. The van der Waals surface area contributed by atoms with Gasteiger partial charge in [-0.15, -0.1) is 18.3 Å². The number of amides is 3. The van der Waals surface area contributed by atoms with Crippen LogP contribution in [0.15, 0.2) is 78.0 Å². The molecule has 0 spiro atoms. The van der Waals surface area contributed by atoms with Crippen molar-refractivity contribution in [3.05, 3.63) is 89.7 Å². The Morgan fingerprint density at radius 1 is 1.04 bits per heavy atom. The molecule has 1 saturated heterocycles. The number of rotatable bonds is 7. The molecule has 4 aromatic rings. The SMILES string of the molecule is Cc1ccc(C(F)(F)F)c(N2C(=O)CS/C2=N\C(=O)NN(C)C(C)c2ccc(-c3ncn(-c4ccc(OC(F)(F)F)cc4)n3)cc2)c1. The van der Waals surface area contributed by atoms with Crippen LogP contribution in [0, 0.1) is 6.92 Å². The van der Waals surface area contributed by atoms with E-state index in [1.54, 1.807) is 45.2 Å². The number of alkyl halides is 6. The topological polar surface area (TPSA) is 105 Å². The molecule has 1 aromatic heterocycles. The second kappa shape index (κ2) is 13.1. The molecule has 1 aliphatic rings. The van der Waals surface area contributed by atoms with Gasteiger partial charge < -0.3 is 4.74 Å². The summed E-state index contributed by atoms with van der Waals surface area (Å²) in [5, 5.41) is 5.66. The van der Waals surface area contributed by atoms with Gasteiger partial charge in [0.2, 0.25) is 5.91 Å². The summed E-state index contributed by atoms with van der Waals surface area (Å²) in [6.07, 6.45) is -8.11. The molecule has 1 fully saturated rings. The Labute approximate surface area is 268 Å². The van der Waals surface area contributed by atoms with Gasteiger partial charge in [0.25, 0.3) is 0 Å². The van der Waals surface area contributed by atoms with Gasteiger partial charge in [-0.3, -0.25) is 15.1 Å². The first-order valence-electron chi connectivity index (χ1n) is 13.7. The van der Waals surface area contributed by atoms with Gasteiger partial charge in [0.15, 0.2) is 11.0 Å². The molecule has 0 radical (unpaired) electrons. The standard InChI is InChI=1S/C30H25F6N7O3S/c1-17-4-13-23(29(31,32)33)24(14-17)43-25(44)15-47-28(43)38-27(45)40-41(3)18(2)19-5-7-20(8-6-19)26-37-16-42(39-26)21-9-11-22(12-10-21)46-30(34,35)36/h4-14,16,18H,15H2,1-3H3,(H,40,45)/b38-28-. The molecule has 0 aliphatic carbocycles. The Bertz CT molecular complexity index is 1810. The van der Waals surface area contributed by atoms with E-state index in [1.165, 1.54) is 40.3 Å². The van der Waals surface area contributed by atoms with Gasteiger partial charge in [-0.1, -0.05) is 42.1 Å². The van der Waals surface area contributed by atoms with Crippen LogP contribution >= 0.6 is 11.8 Å². The Morgan fingerprint density at radius 2 is 1.72 bits per heavy atom. The van der Waals surface area contributed by atoms with E-state index in [9.17, 15) is 35.9 Å².